The molecule has 1 saturated carbocycles. The molecular weight excluding hydrogens is 488 g/mol. The summed E-state index contributed by atoms with van der Waals surface area (Å²) in [5, 5.41) is 14.2. The molecule has 0 spiro atoms. The van der Waals surface area contributed by atoms with E-state index >= 15 is 0 Å². The summed E-state index contributed by atoms with van der Waals surface area (Å²) >= 11 is 0. The van der Waals surface area contributed by atoms with Crippen LogP contribution in [0.1, 0.15) is 42.9 Å². The number of carbonyl (C=O) groups is 1. The van der Waals surface area contributed by atoms with E-state index in [0.29, 0.717) is 31.2 Å². The summed E-state index contributed by atoms with van der Waals surface area (Å²) in [6.45, 7) is 0. The lowest BCUT2D eigenvalue weighted by molar-refractivity contribution is -0.160. The van der Waals surface area contributed by atoms with Crippen LogP contribution in [-0.2, 0) is 20.4 Å². The molecule has 1 aromatic heterocycles. The van der Waals surface area contributed by atoms with Crippen LogP contribution in [0.25, 0.3) is 0 Å². The number of rotatable bonds is 9. The standard InChI is InChI=1S/C23H24F4N4O3S/c24-18-7-5-17(6-8-18)20(23(25,26)27)30-19(21(32)31-22(15-28)9-1-2-10-22)14-35(33,34)13-16-4-3-11-29-12-16/h3-8,11-12,19-20,30H,1-2,9-10,13-14H2,(H,31,32)/t19-,20-/m0/s1. The van der Waals surface area contributed by atoms with Crippen molar-refractivity contribution < 1.29 is 30.8 Å². The number of benzene rings is 1. The lowest BCUT2D eigenvalue weighted by Gasteiger charge is -2.30. The number of nitrogens with one attached hydrogen (secondary N) is 2. The van der Waals surface area contributed by atoms with E-state index in [4.69, 9.17) is 0 Å². The monoisotopic (exact) mass is 512 g/mol. The zero-order valence-electron chi connectivity index (χ0n) is 18.6. The zero-order chi connectivity index (χ0) is 25.7. The molecule has 1 aliphatic carbocycles. The van der Waals surface area contributed by atoms with Crippen LogP contribution < -0.4 is 10.6 Å². The lowest BCUT2D eigenvalue weighted by Crippen LogP contribution is -2.57. The third-order valence-electron chi connectivity index (χ3n) is 5.78. The summed E-state index contributed by atoms with van der Waals surface area (Å²) in [6.07, 6.45) is -0.272. The minimum Gasteiger partial charge on any atom is -0.336 e. The Morgan fingerprint density at radius 1 is 1.17 bits per heavy atom. The largest absolute Gasteiger partial charge is 0.407 e. The highest BCUT2D eigenvalue weighted by Gasteiger charge is 2.45. The second-order valence-electron chi connectivity index (χ2n) is 8.55. The summed E-state index contributed by atoms with van der Waals surface area (Å²) in [7, 11) is -4.09. The van der Waals surface area contributed by atoms with Crippen LogP contribution in [-0.4, -0.2) is 42.8 Å². The molecule has 35 heavy (non-hydrogen) atoms. The Bertz CT molecular complexity index is 1160. The van der Waals surface area contributed by atoms with Crippen LogP contribution >= 0.6 is 0 Å². The Kier molecular flexibility index (Phi) is 8.12. The minimum atomic E-state index is -4.93. The van der Waals surface area contributed by atoms with Crippen molar-refractivity contribution >= 4 is 15.7 Å². The van der Waals surface area contributed by atoms with Gasteiger partial charge in [-0.1, -0.05) is 18.2 Å². The molecule has 0 aliphatic heterocycles. The fourth-order valence-electron chi connectivity index (χ4n) is 4.05. The van der Waals surface area contributed by atoms with Crippen molar-refractivity contribution in [1.29, 1.82) is 5.26 Å². The van der Waals surface area contributed by atoms with Crippen molar-refractivity contribution in [3.8, 4) is 6.07 Å². The molecule has 3 rings (SSSR count). The van der Waals surface area contributed by atoms with Gasteiger partial charge in [-0.2, -0.15) is 18.4 Å². The molecule has 188 valence electrons. The quantitative estimate of drug-likeness (QED) is 0.499. The number of nitriles is 1. The number of nitrogens with zero attached hydrogens (tertiary/aromatic N) is 2. The van der Waals surface area contributed by atoms with Crippen LogP contribution in [0.4, 0.5) is 17.6 Å². The summed E-state index contributed by atoms with van der Waals surface area (Å²) in [5.74, 6) is -3.27. The van der Waals surface area contributed by atoms with Gasteiger partial charge in [-0.05, 0) is 55.0 Å². The van der Waals surface area contributed by atoms with Crippen LogP contribution in [0, 0.1) is 17.1 Å². The van der Waals surface area contributed by atoms with Gasteiger partial charge in [0.2, 0.25) is 5.91 Å². The molecule has 2 atom stereocenters. The number of amides is 1. The van der Waals surface area contributed by atoms with Crippen molar-refractivity contribution in [2.75, 3.05) is 5.75 Å². The number of alkyl halides is 3. The molecular formula is C23H24F4N4O3S. The van der Waals surface area contributed by atoms with E-state index in [1.54, 1.807) is 0 Å². The van der Waals surface area contributed by atoms with Crippen molar-refractivity contribution in [3.05, 3.63) is 65.7 Å². The van der Waals surface area contributed by atoms with Crippen molar-refractivity contribution in [1.82, 2.24) is 15.6 Å². The third kappa shape index (κ3) is 7.22. The van der Waals surface area contributed by atoms with Gasteiger partial charge in [0.25, 0.3) is 0 Å². The molecule has 1 aromatic carbocycles. The predicted molar refractivity (Wildman–Crippen MR) is 119 cm³/mol. The predicted octanol–water partition coefficient (Wildman–Crippen LogP) is 3.35. The minimum absolute atomic E-state index is 0.307. The van der Waals surface area contributed by atoms with Gasteiger partial charge in [0.15, 0.2) is 9.84 Å². The Morgan fingerprint density at radius 3 is 2.37 bits per heavy atom. The maximum Gasteiger partial charge on any atom is 0.407 e. The Labute approximate surface area is 200 Å². The maximum atomic E-state index is 14.0. The molecule has 1 fully saturated rings. The fraction of sp³-hybridized carbons (Fsp3) is 0.435. The molecule has 0 unspecified atom stereocenters. The first-order valence-corrected chi connectivity index (χ1v) is 12.7. The molecule has 2 aromatic rings. The summed E-state index contributed by atoms with van der Waals surface area (Å²) < 4.78 is 80.9. The van der Waals surface area contributed by atoms with Gasteiger partial charge in [-0.25, -0.2) is 12.8 Å². The van der Waals surface area contributed by atoms with Gasteiger partial charge in [-0.15, -0.1) is 0 Å². The average molecular weight is 513 g/mol. The molecule has 0 saturated heterocycles. The third-order valence-corrected chi connectivity index (χ3v) is 7.39. The van der Waals surface area contributed by atoms with E-state index in [2.05, 4.69) is 15.6 Å². The number of hydrogen-bond acceptors (Lipinski definition) is 6. The van der Waals surface area contributed by atoms with Crippen LogP contribution in [0.15, 0.2) is 48.8 Å². The molecule has 7 nitrogen and oxygen atoms in total. The van der Waals surface area contributed by atoms with Crippen LogP contribution in [0.5, 0.6) is 0 Å². The first-order chi connectivity index (χ1) is 16.4. The number of sulfone groups is 1. The van der Waals surface area contributed by atoms with E-state index in [9.17, 15) is 36.0 Å². The number of halogens is 4. The fourth-order valence-corrected chi connectivity index (χ4v) is 5.60. The molecule has 1 amide bonds. The maximum absolute atomic E-state index is 14.0. The average Bonchev–Trinajstić information content (AvgIpc) is 3.25. The van der Waals surface area contributed by atoms with Gasteiger partial charge in [-0.3, -0.25) is 15.1 Å². The smallest absolute Gasteiger partial charge is 0.336 e. The molecule has 1 heterocycles. The highest BCUT2D eigenvalue weighted by molar-refractivity contribution is 7.90. The highest BCUT2D eigenvalue weighted by atomic mass is 32.2. The summed E-state index contributed by atoms with van der Waals surface area (Å²) in [6, 6.07) is 4.23. The summed E-state index contributed by atoms with van der Waals surface area (Å²) in [4.78, 5) is 16.9. The number of carbonyl (C=O) groups excluding carboxylic acids is 1. The van der Waals surface area contributed by atoms with Gasteiger partial charge in [0.1, 0.15) is 23.4 Å². The Morgan fingerprint density at radius 2 is 1.83 bits per heavy atom. The van der Waals surface area contributed by atoms with E-state index in [-0.39, 0.29) is 0 Å². The first kappa shape index (κ1) is 26.6. The van der Waals surface area contributed by atoms with E-state index in [1.165, 1.54) is 24.5 Å². The molecule has 0 radical (unpaired) electrons. The van der Waals surface area contributed by atoms with E-state index < -0.39 is 62.4 Å². The zero-order valence-corrected chi connectivity index (χ0v) is 19.4. The van der Waals surface area contributed by atoms with Crippen LogP contribution in [0.2, 0.25) is 0 Å². The van der Waals surface area contributed by atoms with Gasteiger partial charge in [0, 0.05) is 12.4 Å². The molecule has 2 N–H and O–H groups in total. The molecule has 1 aliphatic rings. The Balaban J connectivity index is 1.91. The Hall–Kier alpha value is -3.04. The second kappa shape index (κ2) is 10.7. The van der Waals surface area contributed by atoms with Crippen molar-refractivity contribution in [3.63, 3.8) is 0 Å². The number of aromatic nitrogens is 1. The highest BCUT2D eigenvalue weighted by Crippen LogP contribution is 2.34. The van der Waals surface area contributed by atoms with E-state index in [1.807, 2.05) is 6.07 Å². The van der Waals surface area contributed by atoms with Crippen molar-refractivity contribution in [2.24, 2.45) is 0 Å². The second-order valence-corrected chi connectivity index (χ2v) is 10.7. The van der Waals surface area contributed by atoms with Gasteiger partial charge < -0.3 is 5.32 Å². The molecule has 0 bridgehead atoms. The number of hydrogen-bond donors (Lipinski definition) is 2. The topological polar surface area (TPSA) is 112 Å². The van der Waals surface area contributed by atoms with Crippen LogP contribution in [0.3, 0.4) is 0 Å². The first-order valence-electron chi connectivity index (χ1n) is 10.8. The summed E-state index contributed by atoms with van der Waals surface area (Å²) in [5.41, 5.74) is -1.35. The number of pyridine rings is 1. The molecule has 12 heteroatoms. The van der Waals surface area contributed by atoms with Crippen molar-refractivity contribution in [2.45, 2.75) is 55.2 Å². The van der Waals surface area contributed by atoms with E-state index in [0.717, 1.165) is 24.3 Å². The lowest BCUT2D eigenvalue weighted by atomic mass is 9.99. The normalized spacial score (nSPS) is 17.3. The SMILES string of the molecule is N#CC1(NC(=O)[C@H](CS(=O)(=O)Cc2cccnc2)N[C@@H](c2ccc(F)cc2)C(F)(F)F)CCCC1. The van der Waals surface area contributed by atoms with Gasteiger partial charge in [0.05, 0.1) is 17.6 Å². The van der Waals surface area contributed by atoms with Gasteiger partial charge >= 0.3 is 6.18 Å².